The Kier molecular flexibility index (Phi) is 3.78. The summed E-state index contributed by atoms with van der Waals surface area (Å²) in [5.41, 5.74) is 1.06. The average Bonchev–Trinajstić information content (AvgIpc) is 2.29. The third kappa shape index (κ3) is 2.45. The Bertz CT molecular complexity index is 467. The van der Waals surface area contributed by atoms with Gasteiger partial charge in [0, 0.05) is 4.47 Å². The maximum Gasteiger partial charge on any atom is 0.255 e. The third-order valence-corrected chi connectivity index (χ3v) is 4.45. The molecule has 0 atom stereocenters. The van der Waals surface area contributed by atoms with Crippen molar-refractivity contribution in [3.05, 3.63) is 33.8 Å². The Morgan fingerprint density at radius 2 is 2.17 bits per heavy atom. The summed E-state index contributed by atoms with van der Waals surface area (Å²) in [7, 11) is 0. The maximum absolute atomic E-state index is 12.3. The van der Waals surface area contributed by atoms with Crippen LogP contribution in [0, 0.1) is 6.92 Å². The van der Waals surface area contributed by atoms with Crippen LogP contribution in [0.25, 0.3) is 0 Å². The van der Waals surface area contributed by atoms with E-state index in [1.165, 1.54) is 0 Å². The number of benzene rings is 1. The summed E-state index contributed by atoms with van der Waals surface area (Å²) < 4.78 is 0.848. The van der Waals surface area contributed by atoms with Crippen molar-refractivity contribution in [2.75, 3.05) is 13.1 Å². The van der Waals surface area contributed by atoms with Crippen LogP contribution in [0.1, 0.15) is 35.7 Å². The Hall–Kier alpha value is -0.870. The summed E-state index contributed by atoms with van der Waals surface area (Å²) in [6, 6.07) is 5.66. The van der Waals surface area contributed by atoms with Crippen LogP contribution in [0.15, 0.2) is 22.7 Å². The fourth-order valence-corrected chi connectivity index (χ4v) is 2.85. The van der Waals surface area contributed by atoms with Gasteiger partial charge in [0.15, 0.2) is 0 Å². The van der Waals surface area contributed by atoms with E-state index in [9.17, 15) is 9.90 Å². The molecule has 1 aliphatic heterocycles. The molecular weight excluding hydrogens is 294 g/mol. The lowest BCUT2D eigenvalue weighted by molar-refractivity contribution is -0.0860. The Labute approximate surface area is 116 Å². The van der Waals surface area contributed by atoms with Gasteiger partial charge in [0.1, 0.15) is 0 Å². The van der Waals surface area contributed by atoms with E-state index in [1.807, 2.05) is 32.0 Å². The molecular formula is C14H18BrNO2. The van der Waals surface area contributed by atoms with Gasteiger partial charge in [-0.15, -0.1) is 0 Å². The zero-order chi connectivity index (χ0) is 13.3. The summed E-state index contributed by atoms with van der Waals surface area (Å²) in [5, 5.41) is 10.1. The number of rotatable bonds is 3. The molecule has 0 unspecified atom stereocenters. The molecule has 1 aromatic rings. The van der Waals surface area contributed by atoms with Crippen LogP contribution < -0.4 is 0 Å². The zero-order valence-electron chi connectivity index (χ0n) is 10.7. The van der Waals surface area contributed by atoms with Crippen LogP contribution in [0.5, 0.6) is 0 Å². The van der Waals surface area contributed by atoms with Gasteiger partial charge in [0.25, 0.3) is 5.91 Å². The standard InChI is InChI=1S/C14H18BrNO2/c1-3-7-14(18)8-16(9-14)13(17)11-6-4-5-10(2)12(11)15/h4-6,18H,3,7-9H2,1-2H3. The highest BCUT2D eigenvalue weighted by Crippen LogP contribution is 2.29. The minimum absolute atomic E-state index is 0.00801. The van der Waals surface area contributed by atoms with Crippen LogP contribution in [-0.4, -0.2) is 34.6 Å². The molecule has 3 nitrogen and oxygen atoms in total. The number of β-amino-alcohol motifs (C(OH)–C–C–N with tert-alkyl or cyclic N) is 1. The molecule has 1 N–H and O–H groups in total. The first kappa shape index (κ1) is 13.6. The lowest BCUT2D eigenvalue weighted by Crippen LogP contribution is -2.63. The van der Waals surface area contributed by atoms with E-state index < -0.39 is 5.60 Å². The summed E-state index contributed by atoms with van der Waals surface area (Å²) in [6.07, 6.45) is 1.69. The van der Waals surface area contributed by atoms with Crippen LogP contribution in [0.3, 0.4) is 0 Å². The number of halogens is 1. The molecule has 98 valence electrons. The minimum atomic E-state index is -0.666. The molecule has 0 spiro atoms. The van der Waals surface area contributed by atoms with E-state index in [1.54, 1.807) is 4.90 Å². The number of aliphatic hydroxyl groups is 1. The second-order valence-electron chi connectivity index (χ2n) is 5.07. The highest BCUT2D eigenvalue weighted by Gasteiger charge is 2.43. The number of nitrogens with zero attached hydrogens (tertiary/aromatic N) is 1. The van der Waals surface area contributed by atoms with Crippen molar-refractivity contribution in [2.24, 2.45) is 0 Å². The number of amides is 1. The lowest BCUT2D eigenvalue weighted by Gasteiger charge is -2.46. The molecule has 0 aromatic heterocycles. The molecule has 1 aromatic carbocycles. The minimum Gasteiger partial charge on any atom is -0.386 e. The van der Waals surface area contributed by atoms with Gasteiger partial charge in [-0.05, 0) is 40.9 Å². The van der Waals surface area contributed by atoms with Crippen molar-refractivity contribution in [1.29, 1.82) is 0 Å². The predicted octanol–water partition coefficient (Wildman–Crippen LogP) is 2.74. The lowest BCUT2D eigenvalue weighted by atomic mass is 9.88. The molecule has 1 fully saturated rings. The number of carbonyl (C=O) groups is 1. The Morgan fingerprint density at radius 1 is 1.50 bits per heavy atom. The summed E-state index contributed by atoms with van der Waals surface area (Å²) >= 11 is 3.45. The van der Waals surface area contributed by atoms with Gasteiger partial charge < -0.3 is 10.0 Å². The fourth-order valence-electron chi connectivity index (χ4n) is 2.41. The second kappa shape index (κ2) is 5.02. The smallest absolute Gasteiger partial charge is 0.255 e. The SMILES string of the molecule is CCCC1(O)CN(C(=O)c2cccc(C)c2Br)C1. The number of carbonyl (C=O) groups excluding carboxylic acids is 1. The predicted molar refractivity (Wildman–Crippen MR) is 74.6 cm³/mol. The molecule has 18 heavy (non-hydrogen) atoms. The van der Waals surface area contributed by atoms with Crippen molar-refractivity contribution >= 4 is 21.8 Å². The molecule has 0 aliphatic carbocycles. The topological polar surface area (TPSA) is 40.5 Å². The summed E-state index contributed by atoms with van der Waals surface area (Å²) in [6.45, 7) is 4.89. The largest absolute Gasteiger partial charge is 0.386 e. The molecule has 1 aliphatic rings. The van der Waals surface area contributed by atoms with Crippen molar-refractivity contribution in [3.8, 4) is 0 Å². The van der Waals surface area contributed by atoms with Gasteiger partial charge in [0.05, 0.1) is 24.3 Å². The first-order valence-corrected chi connectivity index (χ1v) is 7.03. The highest BCUT2D eigenvalue weighted by molar-refractivity contribution is 9.10. The van der Waals surface area contributed by atoms with Crippen LogP contribution in [0.2, 0.25) is 0 Å². The van der Waals surface area contributed by atoms with Gasteiger partial charge in [-0.1, -0.05) is 25.5 Å². The highest BCUT2D eigenvalue weighted by atomic mass is 79.9. The van der Waals surface area contributed by atoms with Crippen molar-refractivity contribution < 1.29 is 9.90 Å². The van der Waals surface area contributed by atoms with Crippen LogP contribution in [0.4, 0.5) is 0 Å². The Balaban J connectivity index is 2.08. The third-order valence-electron chi connectivity index (χ3n) is 3.40. The van der Waals surface area contributed by atoms with Crippen LogP contribution in [-0.2, 0) is 0 Å². The zero-order valence-corrected chi connectivity index (χ0v) is 12.3. The van der Waals surface area contributed by atoms with Gasteiger partial charge in [-0.25, -0.2) is 0 Å². The second-order valence-corrected chi connectivity index (χ2v) is 5.87. The van der Waals surface area contributed by atoms with Crippen molar-refractivity contribution in [2.45, 2.75) is 32.3 Å². The number of aryl methyl sites for hydroxylation is 1. The van der Waals surface area contributed by atoms with Gasteiger partial charge >= 0.3 is 0 Å². The van der Waals surface area contributed by atoms with E-state index in [4.69, 9.17) is 0 Å². The number of likely N-dealkylation sites (tertiary alicyclic amines) is 1. The van der Waals surface area contributed by atoms with E-state index in [0.29, 0.717) is 18.7 Å². The van der Waals surface area contributed by atoms with E-state index >= 15 is 0 Å². The molecule has 1 amide bonds. The monoisotopic (exact) mass is 311 g/mol. The Morgan fingerprint density at radius 3 is 2.78 bits per heavy atom. The number of hydrogen-bond donors (Lipinski definition) is 1. The molecule has 4 heteroatoms. The van der Waals surface area contributed by atoms with Crippen molar-refractivity contribution in [1.82, 2.24) is 4.90 Å². The van der Waals surface area contributed by atoms with E-state index in [2.05, 4.69) is 15.9 Å². The van der Waals surface area contributed by atoms with Crippen molar-refractivity contribution in [3.63, 3.8) is 0 Å². The molecule has 0 bridgehead atoms. The molecule has 1 heterocycles. The van der Waals surface area contributed by atoms with Gasteiger partial charge in [-0.3, -0.25) is 4.79 Å². The first-order chi connectivity index (χ1) is 8.47. The van der Waals surface area contributed by atoms with Crippen LogP contribution >= 0.6 is 15.9 Å². The number of hydrogen-bond acceptors (Lipinski definition) is 2. The van der Waals surface area contributed by atoms with Gasteiger partial charge in [0.2, 0.25) is 0 Å². The summed E-state index contributed by atoms with van der Waals surface area (Å²) in [4.78, 5) is 14.0. The molecule has 2 rings (SSSR count). The first-order valence-electron chi connectivity index (χ1n) is 6.23. The normalized spacial score (nSPS) is 17.4. The van der Waals surface area contributed by atoms with Gasteiger partial charge in [-0.2, -0.15) is 0 Å². The molecule has 0 saturated carbocycles. The van der Waals surface area contributed by atoms with E-state index in [0.717, 1.165) is 22.9 Å². The summed E-state index contributed by atoms with van der Waals surface area (Å²) in [5.74, 6) is -0.00801. The average molecular weight is 312 g/mol. The maximum atomic E-state index is 12.3. The molecule has 1 saturated heterocycles. The quantitative estimate of drug-likeness (QED) is 0.932. The van der Waals surface area contributed by atoms with E-state index in [-0.39, 0.29) is 5.91 Å². The fraction of sp³-hybridized carbons (Fsp3) is 0.500. The molecule has 0 radical (unpaired) electrons.